The van der Waals surface area contributed by atoms with Crippen LogP contribution in [0.25, 0.3) is 0 Å². The van der Waals surface area contributed by atoms with E-state index in [0.29, 0.717) is 5.56 Å². The van der Waals surface area contributed by atoms with Gasteiger partial charge in [0.05, 0.1) is 11.6 Å². The average Bonchev–Trinajstić information content (AvgIpc) is 2.03. The van der Waals surface area contributed by atoms with E-state index in [9.17, 15) is 0 Å². The van der Waals surface area contributed by atoms with Crippen LogP contribution in [0.5, 0.6) is 0 Å². The summed E-state index contributed by atoms with van der Waals surface area (Å²) in [6.45, 7) is 4.05. The van der Waals surface area contributed by atoms with Gasteiger partial charge in [0, 0.05) is 4.75 Å². The van der Waals surface area contributed by atoms with Crippen molar-refractivity contribution in [1.29, 1.82) is 5.26 Å². The lowest BCUT2D eigenvalue weighted by Gasteiger charge is -2.17. The van der Waals surface area contributed by atoms with Crippen molar-refractivity contribution in [3.8, 4) is 6.07 Å². The molecular formula is C10H11NS. The molecule has 0 aliphatic heterocycles. The van der Waals surface area contributed by atoms with Crippen molar-refractivity contribution < 1.29 is 0 Å². The highest BCUT2D eigenvalue weighted by molar-refractivity contribution is 7.81. The number of hydrogen-bond donors (Lipinski definition) is 1. The van der Waals surface area contributed by atoms with Crippen LogP contribution in [0.2, 0.25) is 0 Å². The van der Waals surface area contributed by atoms with Gasteiger partial charge in [0.2, 0.25) is 0 Å². The fourth-order valence-electron chi connectivity index (χ4n) is 0.953. The highest BCUT2D eigenvalue weighted by Gasteiger charge is 2.13. The second kappa shape index (κ2) is 3.20. The molecular weight excluding hydrogens is 166 g/mol. The Kier molecular flexibility index (Phi) is 2.44. The predicted molar refractivity (Wildman–Crippen MR) is 53.2 cm³/mol. The Hall–Kier alpha value is -0.940. The van der Waals surface area contributed by atoms with Crippen molar-refractivity contribution in [2.75, 3.05) is 0 Å². The standard InChI is InChI=1S/C10H11NS/c1-10(2,12)9-5-3-8(7-11)4-6-9/h3-6,12H,1-2H3. The largest absolute Gasteiger partial charge is 0.192 e. The van der Waals surface area contributed by atoms with Crippen molar-refractivity contribution in [2.24, 2.45) is 0 Å². The molecule has 0 fully saturated rings. The monoisotopic (exact) mass is 177 g/mol. The fourth-order valence-corrected chi connectivity index (χ4v) is 1.10. The zero-order valence-corrected chi connectivity index (χ0v) is 8.10. The molecule has 0 atom stereocenters. The SMILES string of the molecule is CC(C)(S)c1ccc(C#N)cc1. The van der Waals surface area contributed by atoms with E-state index in [-0.39, 0.29) is 4.75 Å². The number of rotatable bonds is 1. The molecule has 1 nitrogen and oxygen atoms in total. The van der Waals surface area contributed by atoms with Gasteiger partial charge in [-0.3, -0.25) is 0 Å². The molecule has 0 amide bonds. The molecule has 1 aromatic carbocycles. The van der Waals surface area contributed by atoms with Gasteiger partial charge in [-0.05, 0) is 31.5 Å². The van der Waals surface area contributed by atoms with Crippen molar-refractivity contribution in [3.05, 3.63) is 35.4 Å². The first kappa shape index (κ1) is 9.15. The zero-order chi connectivity index (χ0) is 9.19. The lowest BCUT2D eigenvalue weighted by molar-refractivity contribution is 0.791. The van der Waals surface area contributed by atoms with Gasteiger partial charge < -0.3 is 0 Å². The van der Waals surface area contributed by atoms with Crippen LogP contribution in [0.15, 0.2) is 24.3 Å². The molecule has 0 heterocycles. The van der Waals surface area contributed by atoms with Crippen LogP contribution in [-0.4, -0.2) is 0 Å². The van der Waals surface area contributed by atoms with Crippen LogP contribution in [0.4, 0.5) is 0 Å². The van der Waals surface area contributed by atoms with E-state index in [1.54, 1.807) is 0 Å². The molecule has 0 saturated heterocycles. The van der Waals surface area contributed by atoms with Crippen LogP contribution >= 0.6 is 12.6 Å². The van der Waals surface area contributed by atoms with Gasteiger partial charge in [0.1, 0.15) is 0 Å². The summed E-state index contributed by atoms with van der Waals surface area (Å²) in [7, 11) is 0. The molecule has 0 aliphatic carbocycles. The lowest BCUT2D eigenvalue weighted by Crippen LogP contribution is -2.06. The summed E-state index contributed by atoms with van der Waals surface area (Å²) in [5.74, 6) is 0. The molecule has 0 spiro atoms. The lowest BCUT2D eigenvalue weighted by atomic mass is 10.0. The van der Waals surface area contributed by atoms with Gasteiger partial charge in [-0.1, -0.05) is 12.1 Å². The quantitative estimate of drug-likeness (QED) is 0.655. The van der Waals surface area contributed by atoms with Gasteiger partial charge in [-0.25, -0.2) is 0 Å². The van der Waals surface area contributed by atoms with Gasteiger partial charge in [0.15, 0.2) is 0 Å². The van der Waals surface area contributed by atoms with Gasteiger partial charge in [-0.15, -0.1) is 0 Å². The summed E-state index contributed by atoms with van der Waals surface area (Å²) in [5.41, 5.74) is 1.82. The Morgan fingerprint density at radius 3 is 2.08 bits per heavy atom. The van der Waals surface area contributed by atoms with Crippen LogP contribution in [0.1, 0.15) is 25.0 Å². The maximum Gasteiger partial charge on any atom is 0.0991 e. The van der Waals surface area contributed by atoms with Gasteiger partial charge in [0.25, 0.3) is 0 Å². The Morgan fingerprint density at radius 2 is 1.75 bits per heavy atom. The third-order valence-electron chi connectivity index (χ3n) is 1.72. The maximum atomic E-state index is 8.56. The van der Waals surface area contributed by atoms with Crippen LogP contribution in [0, 0.1) is 11.3 Å². The van der Waals surface area contributed by atoms with E-state index >= 15 is 0 Å². The third-order valence-corrected chi connectivity index (χ3v) is 1.98. The fraction of sp³-hybridized carbons (Fsp3) is 0.300. The Balaban J connectivity index is 3.02. The molecule has 0 bridgehead atoms. The van der Waals surface area contributed by atoms with E-state index in [4.69, 9.17) is 5.26 Å². The first-order chi connectivity index (χ1) is 5.54. The van der Waals surface area contributed by atoms with Crippen molar-refractivity contribution in [3.63, 3.8) is 0 Å². The van der Waals surface area contributed by atoms with E-state index in [0.717, 1.165) is 5.56 Å². The Labute approximate surface area is 78.4 Å². The smallest absolute Gasteiger partial charge is 0.0991 e. The van der Waals surface area contributed by atoms with Gasteiger partial charge in [-0.2, -0.15) is 17.9 Å². The third kappa shape index (κ3) is 2.02. The maximum absolute atomic E-state index is 8.56. The minimum atomic E-state index is -0.131. The molecule has 0 aliphatic rings. The highest BCUT2D eigenvalue weighted by Crippen LogP contribution is 2.26. The first-order valence-electron chi connectivity index (χ1n) is 3.77. The van der Waals surface area contributed by atoms with Crippen molar-refractivity contribution >= 4 is 12.6 Å². The second-order valence-electron chi connectivity index (χ2n) is 3.25. The number of nitriles is 1. The Bertz CT molecular complexity index is 300. The van der Waals surface area contributed by atoms with Crippen LogP contribution < -0.4 is 0 Å². The number of benzene rings is 1. The average molecular weight is 177 g/mol. The number of thiol groups is 1. The first-order valence-corrected chi connectivity index (χ1v) is 4.22. The predicted octanol–water partition coefficient (Wildman–Crippen LogP) is 2.72. The molecule has 0 aromatic heterocycles. The minimum absolute atomic E-state index is 0.131. The van der Waals surface area contributed by atoms with E-state index in [1.165, 1.54) is 0 Å². The van der Waals surface area contributed by atoms with E-state index in [2.05, 4.69) is 18.7 Å². The second-order valence-corrected chi connectivity index (χ2v) is 4.37. The summed E-state index contributed by atoms with van der Waals surface area (Å²) < 4.78 is -0.131. The summed E-state index contributed by atoms with van der Waals surface area (Å²) in [6.07, 6.45) is 0. The molecule has 1 rings (SSSR count). The van der Waals surface area contributed by atoms with Crippen molar-refractivity contribution in [2.45, 2.75) is 18.6 Å². The summed E-state index contributed by atoms with van der Waals surface area (Å²) in [4.78, 5) is 0. The molecule has 0 unspecified atom stereocenters. The number of nitrogens with zero attached hydrogens (tertiary/aromatic N) is 1. The molecule has 0 N–H and O–H groups in total. The molecule has 0 saturated carbocycles. The summed E-state index contributed by atoms with van der Waals surface area (Å²) in [5, 5.41) is 8.56. The van der Waals surface area contributed by atoms with Crippen LogP contribution in [-0.2, 0) is 4.75 Å². The summed E-state index contributed by atoms with van der Waals surface area (Å²) >= 11 is 4.42. The summed E-state index contributed by atoms with van der Waals surface area (Å²) in [6, 6.07) is 9.58. The molecule has 2 heteroatoms. The highest BCUT2D eigenvalue weighted by atomic mass is 32.1. The Morgan fingerprint density at radius 1 is 1.25 bits per heavy atom. The molecule has 1 aromatic rings. The molecule has 0 radical (unpaired) electrons. The molecule has 12 heavy (non-hydrogen) atoms. The normalized spacial score (nSPS) is 10.8. The van der Waals surface area contributed by atoms with E-state index < -0.39 is 0 Å². The van der Waals surface area contributed by atoms with E-state index in [1.807, 2.05) is 38.1 Å². The topological polar surface area (TPSA) is 23.8 Å². The van der Waals surface area contributed by atoms with Gasteiger partial charge >= 0.3 is 0 Å². The number of hydrogen-bond acceptors (Lipinski definition) is 2. The molecule has 62 valence electrons. The minimum Gasteiger partial charge on any atom is -0.192 e. The van der Waals surface area contributed by atoms with Crippen molar-refractivity contribution in [1.82, 2.24) is 0 Å². The van der Waals surface area contributed by atoms with Crippen LogP contribution in [0.3, 0.4) is 0 Å². The zero-order valence-electron chi connectivity index (χ0n) is 7.20.